The average Bonchev–Trinajstić information content (AvgIpc) is 2.41. The Kier molecular flexibility index (Phi) is 3.70. The molecule has 1 aromatic carbocycles. The van der Waals surface area contributed by atoms with E-state index in [1.807, 2.05) is 0 Å². The summed E-state index contributed by atoms with van der Waals surface area (Å²) in [7, 11) is 0. The summed E-state index contributed by atoms with van der Waals surface area (Å²) in [6, 6.07) is 7.93. The van der Waals surface area contributed by atoms with Gasteiger partial charge in [-0.25, -0.2) is 8.78 Å². The van der Waals surface area contributed by atoms with Gasteiger partial charge in [0.05, 0.1) is 11.6 Å². The summed E-state index contributed by atoms with van der Waals surface area (Å²) >= 11 is 0. The minimum absolute atomic E-state index is 0.246. The van der Waals surface area contributed by atoms with Crippen molar-refractivity contribution in [3.63, 3.8) is 0 Å². The molecule has 2 nitrogen and oxygen atoms in total. The zero-order valence-electron chi connectivity index (χ0n) is 10.3. The molecule has 0 saturated carbocycles. The smallest absolute Gasteiger partial charge is 0.201 e. The average molecular weight is 280 g/mol. The lowest BCUT2D eigenvalue weighted by Gasteiger charge is -2.13. The molecule has 0 fully saturated rings. The number of hydrogen-bond acceptors (Lipinski definition) is 2. The van der Waals surface area contributed by atoms with Gasteiger partial charge in [0.25, 0.3) is 11.9 Å². The van der Waals surface area contributed by atoms with Crippen LogP contribution in [0.4, 0.5) is 17.6 Å². The fraction of sp³-hybridized carbons (Fsp3) is 0.143. The van der Waals surface area contributed by atoms with Crippen LogP contribution in [0.1, 0.15) is 22.6 Å². The first-order valence-electron chi connectivity index (χ1n) is 5.61. The Labute approximate surface area is 112 Å². The molecule has 102 valence electrons. The summed E-state index contributed by atoms with van der Waals surface area (Å²) in [6.07, 6.45) is 0. The maximum absolute atomic E-state index is 13.7. The molecular formula is C14H8F4N2. The van der Waals surface area contributed by atoms with E-state index < -0.39 is 35.0 Å². The van der Waals surface area contributed by atoms with Crippen LogP contribution in [-0.4, -0.2) is 4.98 Å². The summed E-state index contributed by atoms with van der Waals surface area (Å²) in [6.45, 7) is 1.72. The molecule has 0 amide bonds. The third kappa shape index (κ3) is 2.35. The van der Waals surface area contributed by atoms with E-state index in [4.69, 9.17) is 5.26 Å². The third-order valence-corrected chi connectivity index (χ3v) is 2.82. The molecule has 0 spiro atoms. The van der Waals surface area contributed by atoms with Gasteiger partial charge in [-0.15, -0.1) is 0 Å². The number of aromatic nitrogens is 1. The second kappa shape index (κ2) is 5.29. The third-order valence-electron chi connectivity index (χ3n) is 2.82. The lowest BCUT2D eigenvalue weighted by molar-refractivity contribution is 0.394. The first-order chi connectivity index (χ1) is 9.45. The standard InChI is InChI=1S/C14H8F4N2/c1-7-3-2-4-8(5-7)9(6-19)10-11(15)13(17)20-14(18)12(10)16/h2-5,9H,1H3. The fourth-order valence-electron chi connectivity index (χ4n) is 1.91. The highest BCUT2D eigenvalue weighted by Crippen LogP contribution is 2.30. The number of benzene rings is 1. The van der Waals surface area contributed by atoms with Crippen LogP contribution < -0.4 is 0 Å². The van der Waals surface area contributed by atoms with E-state index in [1.165, 1.54) is 12.1 Å². The monoisotopic (exact) mass is 280 g/mol. The molecule has 0 saturated heterocycles. The molecule has 0 N–H and O–H groups in total. The maximum Gasteiger partial charge on any atom is 0.252 e. The molecule has 1 atom stereocenters. The summed E-state index contributed by atoms with van der Waals surface area (Å²) in [5.41, 5.74) is 0.0250. The van der Waals surface area contributed by atoms with Crippen LogP contribution >= 0.6 is 0 Å². The number of nitriles is 1. The van der Waals surface area contributed by atoms with Crippen molar-refractivity contribution in [3.05, 3.63) is 64.5 Å². The predicted octanol–water partition coefficient (Wildman–Crippen LogP) is 3.60. The van der Waals surface area contributed by atoms with Crippen molar-refractivity contribution in [1.82, 2.24) is 4.98 Å². The second-order valence-electron chi connectivity index (χ2n) is 4.21. The minimum Gasteiger partial charge on any atom is -0.201 e. The highest BCUT2D eigenvalue weighted by molar-refractivity contribution is 5.40. The quantitative estimate of drug-likeness (QED) is 0.622. The maximum atomic E-state index is 13.7. The number of rotatable bonds is 2. The van der Waals surface area contributed by atoms with Gasteiger partial charge in [0.1, 0.15) is 5.92 Å². The zero-order valence-corrected chi connectivity index (χ0v) is 10.3. The number of aryl methyl sites for hydroxylation is 1. The van der Waals surface area contributed by atoms with Crippen LogP contribution in [0.25, 0.3) is 0 Å². The number of nitrogens with zero attached hydrogens (tertiary/aromatic N) is 2. The Morgan fingerprint density at radius 3 is 2.20 bits per heavy atom. The Hall–Kier alpha value is -2.42. The van der Waals surface area contributed by atoms with Crippen LogP contribution in [0, 0.1) is 41.8 Å². The molecule has 6 heteroatoms. The molecule has 0 aliphatic rings. The zero-order chi connectivity index (χ0) is 14.9. The largest absolute Gasteiger partial charge is 0.252 e. The summed E-state index contributed by atoms with van der Waals surface area (Å²) < 4.78 is 53.6. The SMILES string of the molecule is Cc1cccc(C(C#N)c2c(F)c(F)nc(F)c2F)c1. The highest BCUT2D eigenvalue weighted by atomic mass is 19.2. The summed E-state index contributed by atoms with van der Waals surface area (Å²) in [5.74, 6) is -8.31. The Morgan fingerprint density at radius 1 is 1.10 bits per heavy atom. The molecule has 1 aromatic heterocycles. The van der Waals surface area contributed by atoms with Crippen LogP contribution in [0.15, 0.2) is 24.3 Å². The van der Waals surface area contributed by atoms with Gasteiger partial charge in [0.2, 0.25) is 0 Å². The van der Waals surface area contributed by atoms with Crippen molar-refractivity contribution in [2.24, 2.45) is 0 Å². The fourth-order valence-corrected chi connectivity index (χ4v) is 1.91. The van der Waals surface area contributed by atoms with Gasteiger partial charge < -0.3 is 0 Å². The summed E-state index contributed by atoms with van der Waals surface area (Å²) in [4.78, 5) is 2.47. The molecule has 20 heavy (non-hydrogen) atoms. The van der Waals surface area contributed by atoms with E-state index in [9.17, 15) is 17.6 Å². The van der Waals surface area contributed by atoms with Gasteiger partial charge in [-0.2, -0.15) is 19.0 Å². The van der Waals surface area contributed by atoms with Crippen LogP contribution in [0.3, 0.4) is 0 Å². The van der Waals surface area contributed by atoms with Crippen molar-refractivity contribution < 1.29 is 17.6 Å². The topological polar surface area (TPSA) is 36.7 Å². The van der Waals surface area contributed by atoms with Gasteiger partial charge in [-0.3, -0.25) is 0 Å². The molecule has 0 bridgehead atoms. The summed E-state index contributed by atoms with van der Waals surface area (Å²) in [5, 5.41) is 9.11. The first-order valence-corrected chi connectivity index (χ1v) is 5.61. The molecule has 1 heterocycles. The van der Waals surface area contributed by atoms with Gasteiger partial charge in [-0.1, -0.05) is 29.8 Å². The predicted molar refractivity (Wildman–Crippen MR) is 62.7 cm³/mol. The van der Waals surface area contributed by atoms with E-state index in [1.54, 1.807) is 25.1 Å². The van der Waals surface area contributed by atoms with Crippen LogP contribution in [0.2, 0.25) is 0 Å². The lowest BCUT2D eigenvalue weighted by atomic mass is 9.91. The van der Waals surface area contributed by atoms with E-state index in [0.717, 1.165) is 5.56 Å². The molecule has 2 rings (SSSR count). The number of hydrogen-bond donors (Lipinski definition) is 0. The molecule has 2 aromatic rings. The Bertz CT molecular complexity index is 681. The van der Waals surface area contributed by atoms with Gasteiger partial charge >= 0.3 is 0 Å². The van der Waals surface area contributed by atoms with Crippen LogP contribution in [-0.2, 0) is 0 Å². The van der Waals surface area contributed by atoms with Gasteiger partial charge in [-0.05, 0) is 12.5 Å². The van der Waals surface area contributed by atoms with Crippen molar-refractivity contribution >= 4 is 0 Å². The van der Waals surface area contributed by atoms with E-state index >= 15 is 0 Å². The number of halogens is 4. The van der Waals surface area contributed by atoms with Crippen molar-refractivity contribution in [2.45, 2.75) is 12.8 Å². The molecule has 0 aliphatic heterocycles. The Morgan fingerprint density at radius 2 is 1.70 bits per heavy atom. The normalized spacial score (nSPS) is 12.0. The highest BCUT2D eigenvalue weighted by Gasteiger charge is 2.28. The molecule has 0 radical (unpaired) electrons. The van der Waals surface area contributed by atoms with E-state index in [0.29, 0.717) is 0 Å². The van der Waals surface area contributed by atoms with Crippen molar-refractivity contribution in [2.75, 3.05) is 0 Å². The lowest BCUT2D eigenvalue weighted by Crippen LogP contribution is -2.11. The van der Waals surface area contributed by atoms with E-state index in [2.05, 4.69) is 4.98 Å². The second-order valence-corrected chi connectivity index (χ2v) is 4.21. The number of pyridine rings is 1. The van der Waals surface area contributed by atoms with Crippen molar-refractivity contribution in [3.8, 4) is 6.07 Å². The van der Waals surface area contributed by atoms with Crippen molar-refractivity contribution in [1.29, 1.82) is 5.26 Å². The Balaban J connectivity index is 2.68. The van der Waals surface area contributed by atoms with E-state index in [-0.39, 0.29) is 5.56 Å². The minimum atomic E-state index is -1.77. The van der Waals surface area contributed by atoms with Gasteiger partial charge in [0, 0.05) is 0 Å². The first kappa shape index (κ1) is 14.0. The van der Waals surface area contributed by atoms with Gasteiger partial charge in [0.15, 0.2) is 11.6 Å². The molecular weight excluding hydrogens is 272 g/mol. The van der Waals surface area contributed by atoms with Crippen LogP contribution in [0.5, 0.6) is 0 Å². The molecule has 1 unspecified atom stereocenters. The molecule has 0 aliphatic carbocycles.